The van der Waals surface area contributed by atoms with Crippen LogP contribution in [-0.2, 0) is 0 Å². The van der Waals surface area contributed by atoms with E-state index in [0.29, 0.717) is 0 Å². The van der Waals surface area contributed by atoms with Crippen molar-refractivity contribution in [2.45, 2.75) is 22.6 Å². The molecule has 0 aliphatic carbocycles. The second-order valence-electron chi connectivity index (χ2n) is 4.90. The molecule has 0 radical (unpaired) electrons. The quantitative estimate of drug-likeness (QED) is 0.422. The second-order valence-corrected chi connectivity index (χ2v) is 5.86. The van der Waals surface area contributed by atoms with Crippen LogP contribution in [0.25, 0.3) is 0 Å². The Morgan fingerprint density at radius 3 is 1.50 bits per heavy atom. The van der Waals surface area contributed by atoms with E-state index >= 15 is 0 Å². The van der Waals surface area contributed by atoms with Gasteiger partial charge < -0.3 is 0 Å². The predicted octanol–water partition coefficient (Wildman–Crippen LogP) is 4.58. The number of thiol groups is 2. The Kier molecular flexibility index (Phi) is 7.26. The van der Waals surface area contributed by atoms with Crippen molar-refractivity contribution in [3.8, 4) is 0 Å². The average molecular weight is 329 g/mol. The molecule has 0 atom stereocenters. The molecule has 0 aliphatic heterocycles. The first-order valence-corrected chi connectivity index (χ1v) is 8.22. The molecule has 0 saturated heterocycles. The molecule has 0 N–H and O–H groups in total. The SMILES string of the molecule is Sc1ccccc1C=NCCCCN=Cc1ccccc1S. The number of unbranched alkanes of at least 4 members (excludes halogenated alkanes) is 1. The highest BCUT2D eigenvalue weighted by atomic mass is 32.1. The van der Waals surface area contributed by atoms with Crippen molar-refractivity contribution in [1.82, 2.24) is 0 Å². The van der Waals surface area contributed by atoms with Gasteiger partial charge in [0.1, 0.15) is 0 Å². The summed E-state index contributed by atoms with van der Waals surface area (Å²) in [7, 11) is 0. The minimum atomic E-state index is 0.820. The summed E-state index contributed by atoms with van der Waals surface area (Å²) in [6.07, 6.45) is 5.85. The molecule has 0 saturated carbocycles. The van der Waals surface area contributed by atoms with Crippen molar-refractivity contribution >= 4 is 37.7 Å². The summed E-state index contributed by atoms with van der Waals surface area (Å²) in [5.74, 6) is 0. The monoisotopic (exact) mass is 328 g/mol. The van der Waals surface area contributed by atoms with Crippen LogP contribution in [0, 0.1) is 0 Å². The van der Waals surface area contributed by atoms with Gasteiger partial charge in [0.2, 0.25) is 0 Å². The van der Waals surface area contributed by atoms with Gasteiger partial charge in [-0.05, 0) is 25.0 Å². The molecule has 2 aromatic rings. The van der Waals surface area contributed by atoms with Gasteiger partial charge in [-0.3, -0.25) is 9.98 Å². The fourth-order valence-corrected chi connectivity index (χ4v) is 2.36. The fraction of sp³-hybridized carbons (Fsp3) is 0.222. The number of hydrogen-bond donors (Lipinski definition) is 2. The molecule has 2 nitrogen and oxygen atoms in total. The van der Waals surface area contributed by atoms with E-state index in [1.165, 1.54) is 0 Å². The van der Waals surface area contributed by atoms with Gasteiger partial charge in [0.25, 0.3) is 0 Å². The third-order valence-corrected chi connectivity index (χ3v) is 3.97. The Morgan fingerprint density at radius 2 is 1.09 bits per heavy atom. The lowest BCUT2D eigenvalue weighted by molar-refractivity contribution is 0.759. The van der Waals surface area contributed by atoms with Crippen molar-refractivity contribution in [2.75, 3.05) is 13.1 Å². The molecular weight excluding hydrogens is 308 g/mol. The molecule has 0 unspecified atom stereocenters. The van der Waals surface area contributed by atoms with Crippen molar-refractivity contribution in [3.63, 3.8) is 0 Å². The Bertz CT molecular complexity index is 594. The maximum Gasteiger partial charge on any atom is 0.0390 e. The molecule has 2 rings (SSSR count). The smallest absolute Gasteiger partial charge is 0.0390 e. The van der Waals surface area contributed by atoms with Gasteiger partial charge >= 0.3 is 0 Å². The first-order chi connectivity index (χ1) is 10.8. The summed E-state index contributed by atoms with van der Waals surface area (Å²) in [5.41, 5.74) is 2.13. The highest BCUT2D eigenvalue weighted by molar-refractivity contribution is 7.80. The molecule has 0 bridgehead atoms. The molecule has 22 heavy (non-hydrogen) atoms. The minimum absolute atomic E-state index is 0.820. The first kappa shape index (κ1) is 16.8. The Morgan fingerprint density at radius 1 is 0.682 bits per heavy atom. The van der Waals surface area contributed by atoms with Crippen LogP contribution >= 0.6 is 25.3 Å². The fourth-order valence-electron chi connectivity index (χ4n) is 1.93. The highest BCUT2D eigenvalue weighted by Gasteiger charge is 1.93. The molecular formula is C18H20N2S2. The van der Waals surface area contributed by atoms with Crippen LogP contribution in [0.4, 0.5) is 0 Å². The second kappa shape index (κ2) is 9.49. The van der Waals surface area contributed by atoms with Gasteiger partial charge in [0, 0.05) is 46.4 Å². The van der Waals surface area contributed by atoms with Gasteiger partial charge in [-0.1, -0.05) is 36.4 Å². The topological polar surface area (TPSA) is 24.7 Å². The first-order valence-electron chi connectivity index (χ1n) is 7.33. The van der Waals surface area contributed by atoms with Crippen LogP contribution < -0.4 is 0 Å². The summed E-state index contributed by atoms with van der Waals surface area (Å²) >= 11 is 8.79. The Hall–Kier alpha value is -1.52. The van der Waals surface area contributed by atoms with Gasteiger partial charge in [-0.25, -0.2) is 0 Å². The Labute approximate surface area is 143 Å². The summed E-state index contributed by atoms with van der Waals surface area (Å²) < 4.78 is 0. The zero-order chi connectivity index (χ0) is 15.6. The zero-order valence-electron chi connectivity index (χ0n) is 12.4. The van der Waals surface area contributed by atoms with E-state index in [9.17, 15) is 0 Å². The van der Waals surface area contributed by atoms with Gasteiger partial charge in [-0.15, -0.1) is 25.3 Å². The molecule has 2 aromatic carbocycles. The minimum Gasteiger partial charge on any atom is -0.293 e. The molecule has 0 aromatic heterocycles. The van der Waals surface area contributed by atoms with Crippen molar-refractivity contribution < 1.29 is 0 Å². The van der Waals surface area contributed by atoms with Gasteiger partial charge in [-0.2, -0.15) is 0 Å². The number of nitrogens with zero attached hydrogens (tertiary/aromatic N) is 2. The van der Waals surface area contributed by atoms with Crippen LogP contribution in [0.2, 0.25) is 0 Å². The van der Waals surface area contributed by atoms with Crippen molar-refractivity contribution in [2.24, 2.45) is 9.98 Å². The van der Waals surface area contributed by atoms with Crippen LogP contribution in [0.1, 0.15) is 24.0 Å². The average Bonchev–Trinajstić information content (AvgIpc) is 2.53. The molecule has 4 heteroatoms. The molecule has 114 valence electrons. The third kappa shape index (κ3) is 5.70. The van der Waals surface area contributed by atoms with Crippen LogP contribution in [-0.4, -0.2) is 25.5 Å². The van der Waals surface area contributed by atoms with E-state index in [1.807, 2.05) is 61.0 Å². The van der Waals surface area contributed by atoms with Crippen molar-refractivity contribution in [1.29, 1.82) is 0 Å². The van der Waals surface area contributed by atoms with E-state index in [2.05, 4.69) is 35.2 Å². The zero-order valence-corrected chi connectivity index (χ0v) is 14.2. The summed E-state index contributed by atoms with van der Waals surface area (Å²) in [4.78, 5) is 10.8. The van der Waals surface area contributed by atoms with Crippen molar-refractivity contribution in [3.05, 3.63) is 59.7 Å². The lowest BCUT2D eigenvalue weighted by atomic mass is 10.2. The molecule has 0 aliphatic rings. The number of rotatable bonds is 7. The van der Waals surface area contributed by atoms with Crippen LogP contribution in [0.3, 0.4) is 0 Å². The number of aliphatic imine (C=N–C) groups is 2. The summed E-state index contributed by atoms with van der Waals surface area (Å²) in [6, 6.07) is 15.9. The molecule has 0 spiro atoms. The van der Waals surface area contributed by atoms with E-state index in [0.717, 1.165) is 46.8 Å². The molecule has 0 fully saturated rings. The van der Waals surface area contributed by atoms with E-state index in [-0.39, 0.29) is 0 Å². The van der Waals surface area contributed by atoms with Crippen LogP contribution in [0.5, 0.6) is 0 Å². The number of benzene rings is 2. The normalized spacial score (nSPS) is 11.5. The molecule has 0 amide bonds. The van der Waals surface area contributed by atoms with E-state index in [4.69, 9.17) is 0 Å². The lowest BCUT2D eigenvalue weighted by Crippen LogP contribution is -1.90. The maximum absolute atomic E-state index is 4.43. The van der Waals surface area contributed by atoms with E-state index in [1.54, 1.807) is 0 Å². The predicted molar refractivity (Wildman–Crippen MR) is 102 cm³/mol. The van der Waals surface area contributed by atoms with E-state index < -0.39 is 0 Å². The number of hydrogen-bond acceptors (Lipinski definition) is 4. The summed E-state index contributed by atoms with van der Waals surface area (Å²) in [5, 5.41) is 0. The third-order valence-electron chi connectivity index (χ3n) is 3.16. The largest absolute Gasteiger partial charge is 0.293 e. The maximum atomic E-state index is 4.43. The standard InChI is InChI=1S/C18H20N2S2/c21-17-9-3-1-7-15(17)13-19-11-5-6-12-20-14-16-8-2-4-10-18(16)22/h1-4,7-10,13-14,21-22H,5-6,11-12H2. The lowest BCUT2D eigenvalue weighted by Gasteiger charge is -1.98. The van der Waals surface area contributed by atoms with Gasteiger partial charge in [0.05, 0.1) is 0 Å². The summed E-state index contributed by atoms with van der Waals surface area (Å²) in [6.45, 7) is 1.64. The van der Waals surface area contributed by atoms with Crippen LogP contribution in [0.15, 0.2) is 68.3 Å². The molecule has 0 heterocycles. The Balaban J connectivity index is 1.66. The van der Waals surface area contributed by atoms with Gasteiger partial charge in [0.15, 0.2) is 0 Å². The highest BCUT2D eigenvalue weighted by Crippen LogP contribution is 2.11.